The number of carbonyl (C=O) groups is 2. The number of hydrogen-bond acceptors (Lipinski definition) is 7. The summed E-state index contributed by atoms with van der Waals surface area (Å²) in [5.41, 5.74) is 3.02. The Kier molecular flexibility index (Phi) is 8.07. The maximum absolute atomic E-state index is 9.77. The van der Waals surface area contributed by atoms with Gasteiger partial charge in [-0.05, 0) is 18.2 Å². The molecule has 4 aromatic rings. The van der Waals surface area contributed by atoms with E-state index in [9.17, 15) is 9.59 Å². The number of carboxylic acids is 2. The predicted octanol–water partition coefficient (Wildman–Crippen LogP) is 0.535. The topological polar surface area (TPSA) is 190 Å². The molecule has 0 aliphatic rings. The van der Waals surface area contributed by atoms with Crippen molar-refractivity contribution in [1.29, 1.82) is 0 Å². The predicted molar refractivity (Wildman–Crippen MR) is 113 cm³/mol. The Balaban J connectivity index is 0.000000285. The van der Waals surface area contributed by atoms with Crippen LogP contribution in [0.1, 0.15) is 0 Å². The Morgan fingerprint density at radius 3 is 2.16 bits per heavy atom. The van der Waals surface area contributed by atoms with Gasteiger partial charge >= 0.3 is 11.9 Å². The van der Waals surface area contributed by atoms with E-state index < -0.39 is 24.1 Å². The SMILES string of the molecule is O.O=C(O)C(O)C(O)C(=O)O.c1ccc(-c2ncc3cc(-n4ccnc4)ccc3n2)cc1. The number of hydrogen-bond donors (Lipinski definition) is 4. The molecule has 0 aliphatic heterocycles. The first kappa shape index (κ1) is 24.1. The lowest BCUT2D eigenvalue weighted by Gasteiger charge is -2.07. The van der Waals surface area contributed by atoms with Crippen LogP contribution in [0.2, 0.25) is 0 Å². The summed E-state index contributed by atoms with van der Waals surface area (Å²) in [4.78, 5) is 32.7. The summed E-state index contributed by atoms with van der Waals surface area (Å²) < 4.78 is 1.96. The fraction of sp³-hybridized carbons (Fsp3) is 0.0952. The first-order valence-electron chi connectivity index (χ1n) is 8.99. The van der Waals surface area contributed by atoms with Crippen LogP contribution < -0.4 is 0 Å². The van der Waals surface area contributed by atoms with E-state index in [0.717, 1.165) is 28.0 Å². The van der Waals surface area contributed by atoms with Crippen LogP contribution in [-0.2, 0) is 9.59 Å². The van der Waals surface area contributed by atoms with E-state index in [4.69, 9.17) is 20.4 Å². The van der Waals surface area contributed by atoms with Crippen molar-refractivity contribution in [3.63, 3.8) is 0 Å². The minimum absolute atomic E-state index is 0. The standard InChI is InChI=1S/C17H12N4.C4H6O6.H2O/c1-2-4-13(5-3-1)17-19-11-14-10-15(6-7-16(14)20-17)21-9-8-18-12-21;5-1(3(7)8)2(6)4(9)10;/h1-12H;1-2,5-6H,(H,7,8)(H,9,10);1H2. The Morgan fingerprint density at radius 1 is 0.938 bits per heavy atom. The maximum Gasteiger partial charge on any atom is 0.335 e. The lowest BCUT2D eigenvalue weighted by molar-refractivity contribution is -0.165. The molecule has 166 valence electrons. The molecule has 0 saturated carbocycles. The Morgan fingerprint density at radius 2 is 1.59 bits per heavy atom. The van der Waals surface area contributed by atoms with Gasteiger partial charge in [0.15, 0.2) is 18.0 Å². The van der Waals surface area contributed by atoms with Crippen LogP contribution in [-0.4, -0.2) is 69.6 Å². The number of carboxylic acid groups (broad SMARTS) is 2. The van der Waals surface area contributed by atoms with Crippen LogP contribution in [0, 0.1) is 0 Å². The molecule has 0 fully saturated rings. The van der Waals surface area contributed by atoms with Crippen LogP contribution in [0.4, 0.5) is 0 Å². The van der Waals surface area contributed by atoms with E-state index in [1.807, 2.05) is 59.4 Å². The second-order valence-corrected chi connectivity index (χ2v) is 6.34. The van der Waals surface area contributed by atoms with Crippen molar-refractivity contribution < 1.29 is 35.5 Å². The highest BCUT2D eigenvalue weighted by Gasteiger charge is 2.29. The van der Waals surface area contributed by atoms with Crippen LogP contribution >= 0.6 is 0 Å². The van der Waals surface area contributed by atoms with Gasteiger partial charge in [-0.1, -0.05) is 30.3 Å². The Bertz CT molecular complexity index is 1170. The van der Waals surface area contributed by atoms with Crippen LogP contribution in [0.15, 0.2) is 73.4 Å². The number of aliphatic hydroxyl groups excluding tert-OH is 2. The average molecular weight is 440 g/mol. The Hall–Kier alpha value is -4.19. The van der Waals surface area contributed by atoms with Gasteiger partial charge in [0.1, 0.15) is 0 Å². The van der Waals surface area contributed by atoms with Crippen LogP contribution in [0.5, 0.6) is 0 Å². The van der Waals surface area contributed by atoms with Gasteiger partial charge in [0.2, 0.25) is 0 Å². The van der Waals surface area contributed by atoms with Gasteiger partial charge in [-0.2, -0.15) is 0 Å². The second kappa shape index (κ2) is 10.7. The Labute approximate surface area is 181 Å². The number of aromatic nitrogens is 4. The molecule has 2 unspecified atom stereocenters. The molecule has 0 aliphatic carbocycles. The van der Waals surface area contributed by atoms with Crippen molar-refractivity contribution in [2.75, 3.05) is 0 Å². The highest BCUT2D eigenvalue weighted by molar-refractivity contribution is 5.83. The first-order valence-corrected chi connectivity index (χ1v) is 8.99. The van der Waals surface area contributed by atoms with E-state index >= 15 is 0 Å². The zero-order chi connectivity index (χ0) is 22.4. The van der Waals surface area contributed by atoms with Crippen molar-refractivity contribution in [2.24, 2.45) is 0 Å². The summed E-state index contributed by atoms with van der Waals surface area (Å²) in [6, 6.07) is 16.1. The molecule has 11 nitrogen and oxygen atoms in total. The quantitative estimate of drug-likeness (QED) is 0.343. The van der Waals surface area contributed by atoms with E-state index in [-0.39, 0.29) is 5.48 Å². The minimum atomic E-state index is -2.27. The maximum atomic E-state index is 9.77. The number of rotatable bonds is 5. The lowest BCUT2D eigenvalue weighted by Crippen LogP contribution is -2.39. The smallest absolute Gasteiger partial charge is 0.335 e. The fourth-order valence-electron chi connectivity index (χ4n) is 2.59. The van der Waals surface area contributed by atoms with Crippen molar-refractivity contribution in [3.8, 4) is 17.1 Å². The summed E-state index contributed by atoms with van der Waals surface area (Å²) in [6.07, 6.45) is 2.79. The molecule has 6 N–H and O–H groups in total. The van der Waals surface area contributed by atoms with Crippen molar-refractivity contribution >= 4 is 22.8 Å². The minimum Gasteiger partial charge on any atom is -0.479 e. The average Bonchev–Trinajstić information content (AvgIpc) is 3.33. The molecular weight excluding hydrogens is 420 g/mol. The summed E-state index contributed by atoms with van der Waals surface area (Å²) in [7, 11) is 0. The van der Waals surface area contributed by atoms with Gasteiger partial charge in [0.05, 0.1) is 11.8 Å². The molecule has 0 radical (unpaired) electrons. The van der Waals surface area contributed by atoms with Crippen molar-refractivity contribution in [2.45, 2.75) is 12.2 Å². The van der Waals surface area contributed by atoms with Crippen LogP contribution in [0.3, 0.4) is 0 Å². The zero-order valence-corrected chi connectivity index (χ0v) is 16.5. The van der Waals surface area contributed by atoms with Gasteiger partial charge in [-0.3, -0.25) is 0 Å². The molecule has 0 spiro atoms. The van der Waals surface area contributed by atoms with E-state index in [2.05, 4.69) is 21.0 Å². The number of fused-ring (bicyclic) bond motifs is 1. The summed E-state index contributed by atoms with van der Waals surface area (Å²) in [6.45, 7) is 0. The number of imidazole rings is 1. The van der Waals surface area contributed by atoms with Gasteiger partial charge in [0.25, 0.3) is 0 Å². The molecule has 2 aromatic carbocycles. The van der Waals surface area contributed by atoms with Gasteiger partial charge < -0.3 is 30.5 Å². The third kappa shape index (κ3) is 5.70. The van der Waals surface area contributed by atoms with E-state index in [1.54, 1.807) is 12.5 Å². The molecular formula is C21H20N4O7. The highest BCUT2D eigenvalue weighted by atomic mass is 16.4. The molecule has 4 rings (SSSR count). The van der Waals surface area contributed by atoms with Gasteiger partial charge in [-0.15, -0.1) is 0 Å². The molecule has 2 atom stereocenters. The van der Waals surface area contributed by atoms with E-state index in [1.165, 1.54) is 0 Å². The molecule has 2 aromatic heterocycles. The van der Waals surface area contributed by atoms with Crippen molar-refractivity contribution in [1.82, 2.24) is 19.5 Å². The third-order valence-electron chi connectivity index (χ3n) is 4.20. The summed E-state index contributed by atoms with van der Waals surface area (Å²) in [5, 5.41) is 33.5. The highest BCUT2D eigenvalue weighted by Crippen LogP contribution is 2.20. The first-order chi connectivity index (χ1) is 14.9. The molecule has 2 heterocycles. The zero-order valence-electron chi connectivity index (χ0n) is 16.5. The number of aliphatic carboxylic acids is 2. The summed E-state index contributed by atoms with van der Waals surface area (Å²) in [5.74, 6) is -2.79. The number of nitrogens with zero attached hydrogens (tertiary/aromatic N) is 4. The van der Waals surface area contributed by atoms with Gasteiger partial charge in [0, 0.05) is 35.2 Å². The molecule has 32 heavy (non-hydrogen) atoms. The third-order valence-corrected chi connectivity index (χ3v) is 4.20. The largest absolute Gasteiger partial charge is 0.479 e. The molecule has 0 bridgehead atoms. The molecule has 11 heteroatoms. The fourth-order valence-corrected chi connectivity index (χ4v) is 2.59. The van der Waals surface area contributed by atoms with Gasteiger partial charge in [-0.25, -0.2) is 24.5 Å². The van der Waals surface area contributed by atoms with E-state index in [0.29, 0.717) is 0 Å². The molecule has 0 saturated heterocycles. The number of aliphatic hydroxyl groups is 2. The normalized spacial score (nSPS) is 12.1. The monoisotopic (exact) mass is 440 g/mol. The van der Waals surface area contributed by atoms with Crippen LogP contribution in [0.25, 0.3) is 28.0 Å². The summed E-state index contributed by atoms with van der Waals surface area (Å²) >= 11 is 0. The van der Waals surface area contributed by atoms with Crippen molar-refractivity contribution in [3.05, 3.63) is 73.4 Å². The molecule has 0 amide bonds. The number of benzene rings is 2. The second-order valence-electron chi connectivity index (χ2n) is 6.34. The lowest BCUT2D eigenvalue weighted by atomic mass is 10.2.